The molecule has 1 heterocycles. The van der Waals surface area contributed by atoms with Gasteiger partial charge in [0.15, 0.2) is 5.82 Å². The first-order chi connectivity index (χ1) is 11.2. The molecule has 23 heavy (non-hydrogen) atoms. The quantitative estimate of drug-likeness (QED) is 0.438. The van der Waals surface area contributed by atoms with Crippen LogP contribution in [0.1, 0.15) is 17.0 Å². The summed E-state index contributed by atoms with van der Waals surface area (Å²) in [7, 11) is 0. The zero-order valence-corrected chi connectivity index (χ0v) is 12.7. The van der Waals surface area contributed by atoms with E-state index in [2.05, 4.69) is 15.4 Å². The second kappa shape index (κ2) is 6.60. The third-order valence-corrected chi connectivity index (χ3v) is 3.62. The maximum Gasteiger partial charge on any atom is 0.163 e. The lowest BCUT2D eigenvalue weighted by Crippen LogP contribution is -2.10. The predicted molar refractivity (Wildman–Crippen MR) is 86.2 cm³/mol. The van der Waals surface area contributed by atoms with Crippen LogP contribution in [0.5, 0.6) is 0 Å². The van der Waals surface area contributed by atoms with Gasteiger partial charge in [-0.25, -0.2) is 0 Å². The van der Waals surface area contributed by atoms with Gasteiger partial charge in [-0.05, 0) is 18.2 Å². The van der Waals surface area contributed by atoms with Crippen LogP contribution in [0.25, 0.3) is 5.69 Å². The number of hydrogen-bond acceptors (Lipinski definition) is 5. The Morgan fingerprint density at radius 2 is 1.96 bits per heavy atom. The van der Waals surface area contributed by atoms with Crippen molar-refractivity contribution in [3.8, 4) is 5.69 Å². The van der Waals surface area contributed by atoms with Crippen molar-refractivity contribution in [2.75, 3.05) is 0 Å². The number of rotatable bonds is 4. The van der Waals surface area contributed by atoms with E-state index in [0.29, 0.717) is 27.8 Å². The molecule has 2 N–H and O–H groups in total. The standard InChI is InChI=1S/C16H13ClN4O2/c17-12-6-7-14(21-10-18-19-15(21)9-22)13(8-12)16(20-23)11-4-2-1-3-5-11/h1-8,10,22-23H,9H2. The lowest BCUT2D eigenvalue weighted by atomic mass is 10.0. The molecule has 0 bridgehead atoms. The highest BCUT2D eigenvalue weighted by molar-refractivity contribution is 6.31. The van der Waals surface area contributed by atoms with E-state index in [1.165, 1.54) is 6.33 Å². The van der Waals surface area contributed by atoms with Gasteiger partial charge in [-0.15, -0.1) is 10.2 Å². The largest absolute Gasteiger partial charge is 0.410 e. The van der Waals surface area contributed by atoms with Gasteiger partial charge in [0.25, 0.3) is 0 Å². The van der Waals surface area contributed by atoms with Crippen molar-refractivity contribution in [3.05, 3.63) is 76.8 Å². The molecule has 1 aromatic heterocycles. The molecule has 0 saturated heterocycles. The lowest BCUT2D eigenvalue weighted by Gasteiger charge is -2.13. The van der Waals surface area contributed by atoms with Crippen LogP contribution < -0.4 is 0 Å². The molecule has 0 amide bonds. The molecule has 2 aromatic carbocycles. The zero-order chi connectivity index (χ0) is 16.2. The van der Waals surface area contributed by atoms with Crippen molar-refractivity contribution in [2.24, 2.45) is 5.16 Å². The van der Waals surface area contributed by atoms with Crippen molar-refractivity contribution in [2.45, 2.75) is 6.61 Å². The Bertz CT molecular complexity index is 846. The van der Waals surface area contributed by atoms with Gasteiger partial charge in [0.1, 0.15) is 18.6 Å². The predicted octanol–water partition coefficient (Wildman–Crippen LogP) is 2.64. The highest BCUT2D eigenvalue weighted by Crippen LogP contribution is 2.24. The Labute approximate surface area is 137 Å². The van der Waals surface area contributed by atoms with Gasteiger partial charge in [-0.1, -0.05) is 47.1 Å². The van der Waals surface area contributed by atoms with Crippen LogP contribution in [0.4, 0.5) is 0 Å². The molecular formula is C16H13ClN4O2. The van der Waals surface area contributed by atoms with E-state index in [-0.39, 0.29) is 6.61 Å². The molecule has 3 rings (SSSR count). The summed E-state index contributed by atoms with van der Waals surface area (Å²) in [5, 5.41) is 30.5. The van der Waals surface area contributed by atoms with Crippen molar-refractivity contribution >= 4 is 17.3 Å². The minimum Gasteiger partial charge on any atom is -0.410 e. The van der Waals surface area contributed by atoms with Gasteiger partial charge in [0.05, 0.1) is 5.69 Å². The number of hydrogen-bond donors (Lipinski definition) is 2. The number of nitrogens with zero attached hydrogens (tertiary/aromatic N) is 4. The summed E-state index contributed by atoms with van der Waals surface area (Å²) in [6.45, 7) is -0.265. The molecule has 0 saturated carbocycles. The SMILES string of the molecule is OCc1nncn1-c1ccc(Cl)cc1C(=NO)c1ccccc1. The molecule has 0 aliphatic carbocycles. The molecular weight excluding hydrogens is 316 g/mol. The Hall–Kier alpha value is -2.70. The maximum absolute atomic E-state index is 9.53. The van der Waals surface area contributed by atoms with E-state index in [4.69, 9.17) is 11.6 Å². The molecule has 0 aliphatic rings. The molecule has 0 atom stereocenters. The Morgan fingerprint density at radius 3 is 2.65 bits per heavy atom. The molecule has 116 valence electrons. The summed E-state index contributed by atoms with van der Waals surface area (Å²) in [4.78, 5) is 0. The third kappa shape index (κ3) is 2.94. The Kier molecular flexibility index (Phi) is 4.36. The minimum atomic E-state index is -0.265. The number of benzene rings is 2. The molecule has 0 fully saturated rings. The minimum absolute atomic E-state index is 0.265. The number of halogens is 1. The first-order valence-electron chi connectivity index (χ1n) is 6.82. The normalized spacial score (nSPS) is 11.7. The molecule has 3 aromatic rings. The highest BCUT2D eigenvalue weighted by atomic mass is 35.5. The Morgan fingerprint density at radius 1 is 1.17 bits per heavy atom. The zero-order valence-electron chi connectivity index (χ0n) is 12.0. The van der Waals surface area contributed by atoms with E-state index < -0.39 is 0 Å². The summed E-state index contributed by atoms with van der Waals surface area (Å²) in [5.74, 6) is 0.374. The first kappa shape index (κ1) is 15.2. The fourth-order valence-corrected chi connectivity index (χ4v) is 2.51. The summed E-state index contributed by atoms with van der Waals surface area (Å²) >= 11 is 6.11. The average molecular weight is 329 g/mol. The highest BCUT2D eigenvalue weighted by Gasteiger charge is 2.16. The molecule has 0 radical (unpaired) electrons. The molecule has 7 heteroatoms. The molecule has 0 spiro atoms. The van der Waals surface area contributed by atoms with Crippen LogP contribution in [-0.2, 0) is 6.61 Å². The first-order valence-corrected chi connectivity index (χ1v) is 7.20. The van der Waals surface area contributed by atoms with Crippen LogP contribution in [0.3, 0.4) is 0 Å². The van der Waals surface area contributed by atoms with Gasteiger partial charge in [-0.3, -0.25) is 4.57 Å². The molecule has 6 nitrogen and oxygen atoms in total. The van der Waals surface area contributed by atoms with Crippen LogP contribution in [-0.4, -0.2) is 30.8 Å². The van der Waals surface area contributed by atoms with Crippen LogP contribution in [0, 0.1) is 0 Å². The van der Waals surface area contributed by atoms with Gasteiger partial charge < -0.3 is 10.3 Å². The van der Waals surface area contributed by atoms with E-state index in [9.17, 15) is 10.3 Å². The monoisotopic (exact) mass is 328 g/mol. The summed E-state index contributed by atoms with van der Waals surface area (Å²) in [5.41, 5.74) is 2.35. The van der Waals surface area contributed by atoms with Crippen molar-refractivity contribution in [3.63, 3.8) is 0 Å². The summed E-state index contributed by atoms with van der Waals surface area (Å²) < 4.78 is 1.62. The topological polar surface area (TPSA) is 83.5 Å². The van der Waals surface area contributed by atoms with Gasteiger partial charge in [0.2, 0.25) is 0 Å². The van der Waals surface area contributed by atoms with Crippen LogP contribution >= 0.6 is 11.6 Å². The van der Waals surface area contributed by atoms with Gasteiger partial charge in [0, 0.05) is 16.1 Å². The molecule has 0 aliphatic heterocycles. The second-order valence-corrected chi connectivity index (χ2v) is 5.19. The van der Waals surface area contributed by atoms with E-state index in [1.807, 2.05) is 30.3 Å². The van der Waals surface area contributed by atoms with Crippen molar-refractivity contribution in [1.82, 2.24) is 14.8 Å². The number of aromatic nitrogens is 3. The summed E-state index contributed by atoms with van der Waals surface area (Å²) in [6, 6.07) is 14.4. The number of aliphatic hydroxyl groups is 1. The Balaban J connectivity index is 2.21. The van der Waals surface area contributed by atoms with Crippen molar-refractivity contribution in [1.29, 1.82) is 0 Å². The van der Waals surface area contributed by atoms with Crippen LogP contribution in [0.2, 0.25) is 5.02 Å². The smallest absolute Gasteiger partial charge is 0.163 e. The van der Waals surface area contributed by atoms with Crippen LogP contribution in [0.15, 0.2) is 60.0 Å². The summed E-state index contributed by atoms with van der Waals surface area (Å²) in [6.07, 6.45) is 1.48. The number of oxime groups is 1. The second-order valence-electron chi connectivity index (χ2n) is 4.75. The van der Waals surface area contributed by atoms with E-state index in [0.717, 1.165) is 5.56 Å². The molecule has 0 unspecified atom stereocenters. The fraction of sp³-hybridized carbons (Fsp3) is 0.0625. The van der Waals surface area contributed by atoms with Crippen molar-refractivity contribution < 1.29 is 10.3 Å². The number of aliphatic hydroxyl groups excluding tert-OH is 1. The maximum atomic E-state index is 9.53. The lowest BCUT2D eigenvalue weighted by molar-refractivity contribution is 0.269. The van der Waals surface area contributed by atoms with E-state index >= 15 is 0 Å². The fourth-order valence-electron chi connectivity index (χ4n) is 2.34. The third-order valence-electron chi connectivity index (χ3n) is 3.38. The van der Waals surface area contributed by atoms with Gasteiger partial charge in [-0.2, -0.15) is 0 Å². The van der Waals surface area contributed by atoms with Gasteiger partial charge >= 0.3 is 0 Å². The van der Waals surface area contributed by atoms with E-state index in [1.54, 1.807) is 22.8 Å². The average Bonchev–Trinajstić information content (AvgIpc) is 3.05.